The summed E-state index contributed by atoms with van der Waals surface area (Å²) in [6, 6.07) is 5.46. The number of halogens is 2. The molecule has 1 aromatic carbocycles. The summed E-state index contributed by atoms with van der Waals surface area (Å²) >= 11 is 18.8. The summed E-state index contributed by atoms with van der Waals surface area (Å²) in [5.74, 6) is 0. The van der Waals surface area contributed by atoms with Crippen molar-refractivity contribution in [3.8, 4) is 0 Å². The Hall–Kier alpha value is -1.61. The molecule has 3 heterocycles. The van der Waals surface area contributed by atoms with Crippen LogP contribution in [0.25, 0.3) is 0 Å². The third-order valence-corrected chi connectivity index (χ3v) is 6.80. The van der Waals surface area contributed by atoms with Crippen molar-refractivity contribution in [1.29, 1.82) is 0 Å². The molecule has 0 aliphatic carbocycles. The number of carbonyl (C=O) groups is 1. The standard InChI is InChI=1S/C17H17Cl2N5OS2/c1-20-16(26)23-5-4-17(8-23)9-24(12-3-2-10(18)6-11(12)17)15(25)22-14-21-7-13(19)27-14/h2-3,6-7H,4-5,8-9H2,1H3,(H,20,26)(H,21,22,25). The molecule has 2 aliphatic rings. The number of carbonyl (C=O) groups excluding carboxylic acids is 1. The van der Waals surface area contributed by atoms with Gasteiger partial charge in [-0.2, -0.15) is 0 Å². The van der Waals surface area contributed by atoms with E-state index in [0.29, 0.717) is 21.0 Å². The molecule has 1 fully saturated rings. The van der Waals surface area contributed by atoms with E-state index in [2.05, 4.69) is 20.5 Å². The van der Waals surface area contributed by atoms with Gasteiger partial charge in [0.1, 0.15) is 4.34 Å². The summed E-state index contributed by atoms with van der Waals surface area (Å²) in [4.78, 5) is 20.9. The lowest BCUT2D eigenvalue weighted by Crippen LogP contribution is -2.43. The lowest BCUT2D eigenvalue weighted by molar-refractivity contribution is 0.256. The van der Waals surface area contributed by atoms with Gasteiger partial charge in [0.05, 0.1) is 6.20 Å². The van der Waals surface area contributed by atoms with Crippen LogP contribution in [0.1, 0.15) is 12.0 Å². The van der Waals surface area contributed by atoms with E-state index >= 15 is 0 Å². The fourth-order valence-electron chi connectivity index (χ4n) is 3.85. The Labute approximate surface area is 176 Å². The first-order chi connectivity index (χ1) is 12.9. The number of nitrogens with zero attached hydrogens (tertiary/aromatic N) is 3. The Kier molecular flexibility index (Phi) is 4.92. The number of hydrogen-bond donors (Lipinski definition) is 2. The number of aromatic nitrogens is 1. The molecule has 10 heteroatoms. The van der Waals surface area contributed by atoms with Crippen LogP contribution in [0.5, 0.6) is 0 Å². The molecule has 1 atom stereocenters. The molecule has 142 valence electrons. The Bertz CT molecular complexity index is 920. The van der Waals surface area contributed by atoms with Crippen LogP contribution in [0.15, 0.2) is 24.4 Å². The number of fused-ring (bicyclic) bond motifs is 2. The van der Waals surface area contributed by atoms with Gasteiger partial charge in [0.25, 0.3) is 0 Å². The van der Waals surface area contributed by atoms with Crippen molar-refractivity contribution in [3.63, 3.8) is 0 Å². The van der Waals surface area contributed by atoms with E-state index in [0.717, 1.165) is 35.9 Å². The number of thiocarbonyl (C=S) groups is 1. The van der Waals surface area contributed by atoms with Gasteiger partial charge in [-0.1, -0.05) is 34.5 Å². The summed E-state index contributed by atoms with van der Waals surface area (Å²) < 4.78 is 0.530. The minimum atomic E-state index is -0.226. The number of rotatable bonds is 1. The number of urea groups is 1. The molecule has 1 saturated heterocycles. The van der Waals surface area contributed by atoms with Crippen LogP contribution < -0.4 is 15.5 Å². The van der Waals surface area contributed by atoms with Crippen LogP contribution >= 0.6 is 46.8 Å². The highest BCUT2D eigenvalue weighted by molar-refractivity contribution is 7.80. The highest BCUT2D eigenvalue weighted by atomic mass is 35.5. The topological polar surface area (TPSA) is 60.5 Å². The van der Waals surface area contributed by atoms with E-state index in [4.69, 9.17) is 35.4 Å². The van der Waals surface area contributed by atoms with E-state index in [1.54, 1.807) is 4.90 Å². The molecule has 1 spiro atoms. The van der Waals surface area contributed by atoms with Crippen molar-refractivity contribution in [2.75, 3.05) is 36.9 Å². The zero-order valence-corrected chi connectivity index (χ0v) is 17.6. The van der Waals surface area contributed by atoms with Crippen molar-refractivity contribution in [2.24, 2.45) is 0 Å². The summed E-state index contributed by atoms with van der Waals surface area (Å²) in [5, 5.41) is 7.73. The maximum atomic E-state index is 12.9. The Morgan fingerprint density at radius 3 is 2.89 bits per heavy atom. The second-order valence-corrected chi connectivity index (χ2v) is 9.14. The lowest BCUT2D eigenvalue weighted by atomic mass is 9.81. The van der Waals surface area contributed by atoms with Crippen LogP contribution in [0.3, 0.4) is 0 Å². The molecule has 27 heavy (non-hydrogen) atoms. The maximum Gasteiger partial charge on any atom is 0.328 e. The van der Waals surface area contributed by atoms with Crippen LogP contribution in [0.2, 0.25) is 9.36 Å². The van der Waals surface area contributed by atoms with Gasteiger partial charge in [-0.3, -0.25) is 10.2 Å². The second kappa shape index (κ2) is 7.09. The summed E-state index contributed by atoms with van der Waals surface area (Å²) in [6.07, 6.45) is 2.42. The van der Waals surface area contributed by atoms with Crippen molar-refractivity contribution >= 4 is 68.7 Å². The molecule has 2 aromatic rings. The molecule has 0 saturated carbocycles. The molecule has 2 N–H and O–H groups in total. The lowest BCUT2D eigenvalue weighted by Gasteiger charge is -2.26. The van der Waals surface area contributed by atoms with Gasteiger partial charge < -0.3 is 10.2 Å². The SMILES string of the molecule is CNC(=S)N1CCC2(C1)CN(C(=O)Nc1ncc(Cl)s1)c1ccc(Cl)cc12. The fourth-order valence-corrected chi connectivity index (χ4v) is 4.98. The average molecular weight is 442 g/mol. The highest BCUT2D eigenvalue weighted by Gasteiger charge is 2.49. The maximum absolute atomic E-state index is 12.9. The van der Waals surface area contributed by atoms with E-state index in [-0.39, 0.29) is 11.4 Å². The molecule has 6 nitrogen and oxygen atoms in total. The first-order valence-electron chi connectivity index (χ1n) is 8.38. The molecule has 1 unspecified atom stereocenters. The van der Waals surface area contributed by atoms with Crippen molar-refractivity contribution in [3.05, 3.63) is 39.3 Å². The summed E-state index contributed by atoms with van der Waals surface area (Å²) in [5.41, 5.74) is 1.76. The van der Waals surface area contributed by atoms with E-state index in [1.807, 2.05) is 25.2 Å². The fraction of sp³-hybridized carbons (Fsp3) is 0.353. The molecule has 2 aliphatic heterocycles. The smallest absolute Gasteiger partial charge is 0.328 e. The number of likely N-dealkylation sites (tertiary alicyclic amines) is 1. The highest BCUT2D eigenvalue weighted by Crippen LogP contribution is 2.47. The Morgan fingerprint density at radius 2 is 2.19 bits per heavy atom. The van der Waals surface area contributed by atoms with Gasteiger partial charge in [-0.25, -0.2) is 9.78 Å². The number of benzene rings is 1. The molecule has 2 amide bonds. The zero-order valence-electron chi connectivity index (χ0n) is 14.5. The van der Waals surface area contributed by atoms with E-state index in [1.165, 1.54) is 17.5 Å². The second-order valence-electron chi connectivity index (χ2n) is 6.65. The first-order valence-corrected chi connectivity index (χ1v) is 10.4. The van der Waals surface area contributed by atoms with Crippen molar-refractivity contribution in [1.82, 2.24) is 15.2 Å². The van der Waals surface area contributed by atoms with Gasteiger partial charge >= 0.3 is 6.03 Å². The number of anilines is 2. The quantitative estimate of drug-likeness (QED) is 0.655. The minimum Gasteiger partial charge on any atom is -0.366 e. The van der Waals surface area contributed by atoms with Crippen LogP contribution in [-0.4, -0.2) is 47.7 Å². The molecule has 1 aromatic heterocycles. The Balaban J connectivity index is 1.64. The van der Waals surface area contributed by atoms with Gasteiger partial charge in [-0.15, -0.1) is 0 Å². The molecule has 0 bridgehead atoms. The van der Waals surface area contributed by atoms with Gasteiger partial charge in [0.15, 0.2) is 10.2 Å². The minimum absolute atomic E-state index is 0.195. The number of amides is 2. The average Bonchev–Trinajstić information content (AvgIpc) is 3.34. The third kappa shape index (κ3) is 3.35. The van der Waals surface area contributed by atoms with Gasteiger partial charge in [0, 0.05) is 42.8 Å². The monoisotopic (exact) mass is 441 g/mol. The molecular weight excluding hydrogens is 425 g/mol. The van der Waals surface area contributed by atoms with Crippen molar-refractivity contribution < 1.29 is 4.79 Å². The number of thiazole rings is 1. The molecular formula is C17H17Cl2N5OS2. The zero-order chi connectivity index (χ0) is 19.2. The normalized spacial score (nSPS) is 20.9. The molecule has 4 rings (SSSR count). The number of nitrogens with one attached hydrogen (secondary N) is 2. The predicted octanol–water partition coefficient (Wildman–Crippen LogP) is 3.95. The van der Waals surface area contributed by atoms with Gasteiger partial charge in [0.2, 0.25) is 0 Å². The Morgan fingerprint density at radius 1 is 1.37 bits per heavy atom. The van der Waals surface area contributed by atoms with E-state index in [9.17, 15) is 4.79 Å². The summed E-state index contributed by atoms with van der Waals surface area (Å²) in [7, 11) is 1.83. The van der Waals surface area contributed by atoms with Gasteiger partial charge in [-0.05, 0) is 42.4 Å². The summed E-state index contributed by atoms with van der Waals surface area (Å²) in [6.45, 7) is 2.15. The van der Waals surface area contributed by atoms with Crippen LogP contribution in [-0.2, 0) is 5.41 Å². The predicted molar refractivity (Wildman–Crippen MR) is 114 cm³/mol. The largest absolute Gasteiger partial charge is 0.366 e. The van der Waals surface area contributed by atoms with E-state index < -0.39 is 0 Å². The van der Waals surface area contributed by atoms with Crippen LogP contribution in [0, 0.1) is 0 Å². The number of hydrogen-bond acceptors (Lipinski definition) is 4. The third-order valence-electron chi connectivity index (χ3n) is 5.07. The molecule has 0 radical (unpaired) electrons. The first kappa shape index (κ1) is 18.7. The van der Waals surface area contributed by atoms with Crippen LogP contribution in [0.4, 0.5) is 15.6 Å². The van der Waals surface area contributed by atoms with Crippen molar-refractivity contribution in [2.45, 2.75) is 11.8 Å².